The van der Waals surface area contributed by atoms with Crippen molar-refractivity contribution in [2.75, 3.05) is 11.5 Å². The second kappa shape index (κ2) is 10.5. The molecule has 1 heterocycles. The molecule has 152 valence electrons. The van der Waals surface area contributed by atoms with E-state index in [1.165, 1.54) is 11.1 Å². The van der Waals surface area contributed by atoms with E-state index in [0.717, 1.165) is 68.3 Å². The molecule has 0 aliphatic rings. The van der Waals surface area contributed by atoms with Crippen molar-refractivity contribution in [3.05, 3.63) is 87.3 Å². The van der Waals surface area contributed by atoms with E-state index in [-0.39, 0.29) is 11.5 Å². The molecule has 1 aromatic heterocycles. The molecular weight excluding hydrogens is 360 g/mol. The van der Waals surface area contributed by atoms with Crippen molar-refractivity contribution in [3.63, 3.8) is 0 Å². The first-order chi connectivity index (χ1) is 14.1. The highest BCUT2D eigenvalue weighted by Gasteiger charge is 2.10. The summed E-state index contributed by atoms with van der Waals surface area (Å²) >= 11 is 0. The van der Waals surface area contributed by atoms with Gasteiger partial charge in [0.1, 0.15) is 0 Å². The third kappa shape index (κ3) is 6.49. The maximum atomic E-state index is 12.4. The molecule has 2 aromatic carbocycles. The molecule has 0 amide bonds. The molecule has 5 nitrogen and oxygen atoms in total. The summed E-state index contributed by atoms with van der Waals surface area (Å²) in [5, 5.41) is 0. The SMILES string of the molecule is Nc1ccc(CCCCc2nc(N)[nH]c(=O)c2CCCCc2ccccc2)cc1. The average Bonchev–Trinajstić information content (AvgIpc) is 2.72. The number of benzene rings is 2. The molecule has 0 aliphatic heterocycles. The molecular formula is C24H30N4O. The highest BCUT2D eigenvalue weighted by atomic mass is 16.1. The minimum absolute atomic E-state index is 0.0919. The Morgan fingerprint density at radius 3 is 2.00 bits per heavy atom. The van der Waals surface area contributed by atoms with Crippen molar-refractivity contribution in [1.29, 1.82) is 0 Å². The van der Waals surface area contributed by atoms with Crippen molar-refractivity contribution in [1.82, 2.24) is 9.97 Å². The van der Waals surface area contributed by atoms with Crippen molar-refractivity contribution >= 4 is 11.6 Å². The Morgan fingerprint density at radius 1 is 0.724 bits per heavy atom. The standard InChI is InChI=1S/C24H30N4O/c25-20-16-14-19(15-17-20)11-5-7-13-22-21(23(29)28-24(26)27-22)12-6-4-10-18-8-2-1-3-9-18/h1-3,8-9,14-17H,4-7,10-13,25H2,(H3,26,27,28,29). The van der Waals surface area contributed by atoms with Crippen LogP contribution in [0.25, 0.3) is 0 Å². The van der Waals surface area contributed by atoms with E-state index in [2.05, 4.69) is 46.4 Å². The monoisotopic (exact) mass is 390 g/mol. The zero-order valence-corrected chi connectivity index (χ0v) is 16.9. The molecule has 0 atom stereocenters. The van der Waals surface area contributed by atoms with E-state index >= 15 is 0 Å². The van der Waals surface area contributed by atoms with Crippen LogP contribution in [0.15, 0.2) is 59.4 Å². The fraction of sp³-hybridized carbons (Fsp3) is 0.333. The van der Waals surface area contributed by atoms with Crippen molar-refractivity contribution < 1.29 is 0 Å². The van der Waals surface area contributed by atoms with Gasteiger partial charge < -0.3 is 11.5 Å². The van der Waals surface area contributed by atoms with Crippen LogP contribution >= 0.6 is 0 Å². The first kappa shape index (κ1) is 20.6. The van der Waals surface area contributed by atoms with Crippen LogP contribution in [0.3, 0.4) is 0 Å². The summed E-state index contributed by atoms with van der Waals surface area (Å²) < 4.78 is 0. The van der Waals surface area contributed by atoms with Crippen molar-refractivity contribution in [2.45, 2.75) is 51.4 Å². The lowest BCUT2D eigenvalue weighted by Crippen LogP contribution is -2.20. The first-order valence-corrected chi connectivity index (χ1v) is 10.4. The van der Waals surface area contributed by atoms with Gasteiger partial charge in [-0.05, 0) is 74.6 Å². The zero-order chi connectivity index (χ0) is 20.5. The second-order valence-electron chi connectivity index (χ2n) is 7.52. The molecule has 0 radical (unpaired) electrons. The van der Waals surface area contributed by atoms with Crippen LogP contribution in [0.1, 0.15) is 48.1 Å². The number of anilines is 2. The highest BCUT2D eigenvalue weighted by molar-refractivity contribution is 5.39. The molecule has 3 aromatic rings. The number of hydrogen-bond acceptors (Lipinski definition) is 4. The molecule has 0 unspecified atom stereocenters. The number of H-pyrrole nitrogens is 1. The largest absolute Gasteiger partial charge is 0.399 e. The Labute approximate surface area is 172 Å². The summed E-state index contributed by atoms with van der Waals surface area (Å²) in [5.41, 5.74) is 16.5. The van der Waals surface area contributed by atoms with Crippen LogP contribution in [0.5, 0.6) is 0 Å². The first-order valence-electron chi connectivity index (χ1n) is 10.4. The third-order valence-electron chi connectivity index (χ3n) is 5.21. The molecule has 0 bridgehead atoms. The van der Waals surface area contributed by atoms with Gasteiger partial charge in [0.25, 0.3) is 5.56 Å². The summed E-state index contributed by atoms with van der Waals surface area (Å²) in [4.78, 5) is 19.5. The van der Waals surface area contributed by atoms with Crippen LogP contribution < -0.4 is 17.0 Å². The van der Waals surface area contributed by atoms with Crippen LogP contribution in [0.2, 0.25) is 0 Å². The van der Waals surface area contributed by atoms with Gasteiger partial charge in [-0.25, -0.2) is 4.98 Å². The minimum Gasteiger partial charge on any atom is -0.399 e. The van der Waals surface area contributed by atoms with E-state index in [1.54, 1.807) is 0 Å². The van der Waals surface area contributed by atoms with E-state index < -0.39 is 0 Å². The molecule has 29 heavy (non-hydrogen) atoms. The van der Waals surface area contributed by atoms with Gasteiger partial charge in [-0.3, -0.25) is 9.78 Å². The van der Waals surface area contributed by atoms with Crippen LogP contribution in [-0.4, -0.2) is 9.97 Å². The number of nitrogen functional groups attached to an aromatic ring is 2. The van der Waals surface area contributed by atoms with E-state index in [1.807, 2.05) is 18.2 Å². The average molecular weight is 391 g/mol. The number of rotatable bonds is 10. The van der Waals surface area contributed by atoms with Gasteiger partial charge in [0.05, 0.1) is 5.69 Å². The van der Waals surface area contributed by atoms with Gasteiger partial charge in [-0.15, -0.1) is 0 Å². The molecule has 0 aliphatic carbocycles. The smallest absolute Gasteiger partial charge is 0.255 e. The Morgan fingerprint density at radius 2 is 1.31 bits per heavy atom. The number of nitrogens with two attached hydrogens (primary N) is 2. The molecule has 0 spiro atoms. The second-order valence-corrected chi connectivity index (χ2v) is 7.52. The number of nitrogens with one attached hydrogen (secondary N) is 1. The van der Waals surface area contributed by atoms with Gasteiger partial charge in [-0.1, -0.05) is 42.5 Å². The summed E-state index contributed by atoms with van der Waals surface area (Å²) in [5.74, 6) is 0.205. The lowest BCUT2D eigenvalue weighted by molar-refractivity contribution is 0.689. The van der Waals surface area contributed by atoms with Crippen LogP contribution in [0, 0.1) is 0 Å². The number of nitrogens with zero attached hydrogens (tertiary/aromatic N) is 1. The summed E-state index contributed by atoms with van der Waals surface area (Å²) in [6.07, 6.45) is 7.54. The lowest BCUT2D eigenvalue weighted by atomic mass is 10.0. The molecule has 5 N–H and O–H groups in total. The molecule has 0 saturated carbocycles. The van der Waals surface area contributed by atoms with Gasteiger partial charge in [0.15, 0.2) is 0 Å². The van der Waals surface area contributed by atoms with E-state index in [0.29, 0.717) is 0 Å². The van der Waals surface area contributed by atoms with Gasteiger partial charge in [-0.2, -0.15) is 0 Å². The number of aryl methyl sites for hydroxylation is 3. The van der Waals surface area contributed by atoms with Gasteiger partial charge in [0.2, 0.25) is 5.95 Å². The van der Waals surface area contributed by atoms with Crippen molar-refractivity contribution in [3.8, 4) is 0 Å². The Hall–Kier alpha value is -3.08. The van der Waals surface area contributed by atoms with Crippen LogP contribution in [-0.2, 0) is 25.7 Å². The fourth-order valence-electron chi connectivity index (χ4n) is 3.61. The molecule has 5 heteroatoms. The lowest BCUT2D eigenvalue weighted by Gasteiger charge is -2.09. The summed E-state index contributed by atoms with van der Waals surface area (Å²) in [6, 6.07) is 18.4. The molecule has 0 fully saturated rings. The normalized spacial score (nSPS) is 10.9. The maximum absolute atomic E-state index is 12.4. The number of hydrogen-bond donors (Lipinski definition) is 3. The predicted octanol–water partition coefficient (Wildman–Crippen LogP) is 4.07. The zero-order valence-electron chi connectivity index (χ0n) is 16.9. The summed E-state index contributed by atoms with van der Waals surface area (Å²) in [7, 11) is 0. The number of unbranched alkanes of at least 4 members (excludes halogenated alkanes) is 2. The highest BCUT2D eigenvalue weighted by Crippen LogP contribution is 2.14. The number of aromatic nitrogens is 2. The van der Waals surface area contributed by atoms with E-state index in [4.69, 9.17) is 11.5 Å². The summed E-state index contributed by atoms with van der Waals surface area (Å²) in [6.45, 7) is 0. The number of aromatic amines is 1. The van der Waals surface area contributed by atoms with Gasteiger partial charge >= 0.3 is 0 Å². The van der Waals surface area contributed by atoms with E-state index in [9.17, 15) is 4.79 Å². The fourth-order valence-corrected chi connectivity index (χ4v) is 3.61. The maximum Gasteiger partial charge on any atom is 0.255 e. The van der Waals surface area contributed by atoms with Crippen LogP contribution in [0.4, 0.5) is 11.6 Å². The quantitative estimate of drug-likeness (QED) is 0.359. The topological polar surface area (TPSA) is 97.8 Å². The predicted molar refractivity (Wildman–Crippen MR) is 120 cm³/mol. The van der Waals surface area contributed by atoms with Crippen molar-refractivity contribution in [2.24, 2.45) is 0 Å². The third-order valence-corrected chi connectivity index (χ3v) is 5.21. The Kier molecular flexibility index (Phi) is 7.45. The minimum atomic E-state index is -0.0919. The van der Waals surface area contributed by atoms with Gasteiger partial charge in [0, 0.05) is 11.3 Å². The Balaban J connectivity index is 1.52. The Bertz CT molecular complexity index is 949. The molecule has 0 saturated heterocycles. The molecule has 3 rings (SSSR count).